The van der Waals surface area contributed by atoms with Crippen molar-refractivity contribution in [3.63, 3.8) is 0 Å². The number of hydrogen-bond donors (Lipinski definition) is 1. The first-order valence-electron chi connectivity index (χ1n) is 8.55. The minimum atomic E-state index is 1.10. The molecule has 1 heterocycles. The molecule has 0 spiro atoms. The Hall–Kier alpha value is -0.900. The summed E-state index contributed by atoms with van der Waals surface area (Å²) >= 11 is 0. The van der Waals surface area contributed by atoms with E-state index in [1.54, 1.807) is 5.56 Å². The van der Waals surface area contributed by atoms with Gasteiger partial charge in [0.25, 0.3) is 0 Å². The van der Waals surface area contributed by atoms with Crippen molar-refractivity contribution < 1.29 is 0 Å². The zero-order valence-electron chi connectivity index (χ0n) is 13.8. The first-order valence-corrected chi connectivity index (χ1v) is 8.55. The SMILES string of the molecule is CCN(CC)CCNCCN1CCCc2ccccc2C1. The van der Waals surface area contributed by atoms with Crippen molar-refractivity contribution in [1.82, 2.24) is 15.1 Å². The molecule has 3 nitrogen and oxygen atoms in total. The largest absolute Gasteiger partial charge is 0.314 e. The molecule has 0 fully saturated rings. The average molecular weight is 289 g/mol. The molecule has 0 bridgehead atoms. The highest BCUT2D eigenvalue weighted by Crippen LogP contribution is 2.17. The molecule has 1 aromatic carbocycles. The van der Waals surface area contributed by atoms with E-state index in [2.05, 4.69) is 53.2 Å². The Labute approximate surface area is 130 Å². The molecule has 1 N–H and O–H groups in total. The first kappa shape index (κ1) is 16.5. The summed E-state index contributed by atoms with van der Waals surface area (Å²) in [7, 11) is 0. The monoisotopic (exact) mass is 289 g/mol. The van der Waals surface area contributed by atoms with Gasteiger partial charge in [0.1, 0.15) is 0 Å². The van der Waals surface area contributed by atoms with Gasteiger partial charge in [0, 0.05) is 32.7 Å². The van der Waals surface area contributed by atoms with Gasteiger partial charge in [-0.25, -0.2) is 0 Å². The molecule has 0 aromatic heterocycles. The van der Waals surface area contributed by atoms with E-state index in [-0.39, 0.29) is 0 Å². The lowest BCUT2D eigenvalue weighted by atomic mass is 10.0. The summed E-state index contributed by atoms with van der Waals surface area (Å²) in [5.41, 5.74) is 3.08. The molecule has 1 aliphatic heterocycles. The number of nitrogens with zero attached hydrogens (tertiary/aromatic N) is 2. The van der Waals surface area contributed by atoms with Crippen LogP contribution in [0.4, 0.5) is 0 Å². The van der Waals surface area contributed by atoms with Crippen LogP contribution in [0.25, 0.3) is 0 Å². The second kappa shape index (κ2) is 9.19. The molecule has 0 amide bonds. The molecule has 0 radical (unpaired) electrons. The fourth-order valence-electron chi connectivity index (χ4n) is 3.10. The van der Waals surface area contributed by atoms with Gasteiger partial charge in [0.15, 0.2) is 0 Å². The molecule has 0 unspecified atom stereocenters. The molecule has 0 atom stereocenters. The van der Waals surface area contributed by atoms with Crippen LogP contribution in [0.5, 0.6) is 0 Å². The number of benzene rings is 1. The summed E-state index contributed by atoms with van der Waals surface area (Å²) in [6.07, 6.45) is 2.53. The maximum absolute atomic E-state index is 3.59. The van der Waals surface area contributed by atoms with Gasteiger partial charge in [0.05, 0.1) is 0 Å². The van der Waals surface area contributed by atoms with Crippen molar-refractivity contribution in [3.8, 4) is 0 Å². The second-order valence-corrected chi connectivity index (χ2v) is 5.93. The number of hydrogen-bond acceptors (Lipinski definition) is 3. The van der Waals surface area contributed by atoms with Crippen molar-refractivity contribution in [1.29, 1.82) is 0 Å². The van der Waals surface area contributed by atoms with Crippen LogP contribution in [-0.2, 0) is 13.0 Å². The zero-order valence-corrected chi connectivity index (χ0v) is 13.8. The fourth-order valence-corrected chi connectivity index (χ4v) is 3.10. The van der Waals surface area contributed by atoms with E-state index in [1.165, 1.54) is 24.9 Å². The predicted octanol–water partition coefficient (Wildman–Crippen LogP) is 2.37. The van der Waals surface area contributed by atoms with Crippen LogP contribution in [0.1, 0.15) is 31.4 Å². The quantitative estimate of drug-likeness (QED) is 0.741. The highest BCUT2D eigenvalue weighted by atomic mass is 15.2. The molecule has 1 aliphatic rings. The van der Waals surface area contributed by atoms with E-state index in [4.69, 9.17) is 0 Å². The maximum Gasteiger partial charge on any atom is 0.0237 e. The van der Waals surface area contributed by atoms with Crippen LogP contribution >= 0.6 is 0 Å². The maximum atomic E-state index is 3.59. The van der Waals surface area contributed by atoms with Crippen molar-refractivity contribution >= 4 is 0 Å². The highest BCUT2D eigenvalue weighted by Gasteiger charge is 2.13. The van der Waals surface area contributed by atoms with Crippen LogP contribution in [-0.4, -0.2) is 55.6 Å². The number of aryl methyl sites for hydroxylation is 1. The summed E-state index contributed by atoms with van der Waals surface area (Å²) in [5.74, 6) is 0. The zero-order chi connectivity index (χ0) is 14.9. The molecule has 3 heteroatoms. The van der Waals surface area contributed by atoms with Crippen LogP contribution in [0.3, 0.4) is 0 Å². The lowest BCUT2D eigenvalue weighted by Crippen LogP contribution is -2.36. The number of rotatable bonds is 8. The lowest BCUT2D eigenvalue weighted by Gasteiger charge is -2.22. The van der Waals surface area contributed by atoms with Crippen LogP contribution in [0.2, 0.25) is 0 Å². The van der Waals surface area contributed by atoms with Crippen molar-refractivity contribution in [2.45, 2.75) is 33.2 Å². The van der Waals surface area contributed by atoms with Gasteiger partial charge >= 0.3 is 0 Å². The molecule has 118 valence electrons. The normalized spacial score (nSPS) is 16.0. The third kappa shape index (κ3) is 5.42. The van der Waals surface area contributed by atoms with Crippen LogP contribution in [0, 0.1) is 0 Å². The lowest BCUT2D eigenvalue weighted by molar-refractivity contribution is 0.262. The molecule has 1 aromatic rings. The summed E-state index contributed by atoms with van der Waals surface area (Å²) in [6, 6.07) is 8.93. The molecule has 0 saturated carbocycles. The summed E-state index contributed by atoms with van der Waals surface area (Å²) in [5, 5.41) is 3.59. The molecular formula is C18H31N3. The molecule has 0 aliphatic carbocycles. The Morgan fingerprint density at radius 1 is 1.10 bits per heavy atom. The Morgan fingerprint density at radius 2 is 1.86 bits per heavy atom. The predicted molar refractivity (Wildman–Crippen MR) is 90.7 cm³/mol. The van der Waals surface area contributed by atoms with Gasteiger partial charge < -0.3 is 10.2 Å². The van der Waals surface area contributed by atoms with Crippen molar-refractivity contribution in [2.24, 2.45) is 0 Å². The van der Waals surface area contributed by atoms with E-state index in [1.807, 2.05) is 0 Å². The Morgan fingerprint density at radius 3 is 2.62 bits per heavy atom. The van der Waals surface area contributed by atoms with Gasteiger partial charge in [-0.2, -0.15) is 0 Å². The molecular weight excluding hydrogens is 258 g/mol. The molecule has 2 rings (SSSR count). The Balaban J connectivity index is 1.67. The number of fused-ring (bicyclic) bond motifs is 1. The van der Waals surface area contributed by atoms with Crippen molar-refractivity contribution in [2.75, 3.05) is 45.8 Å². The van der Waals surface area contributed by atoms with E-state index in [9.17, 15) is 0 Å². The summed E-state index contributed by atoms with van der Waals surface area (Å²) in [4.78, 5) is 5.06. The highest BCUT2D eigenvalue weighted by molar-refractivity contribution is 5.27. The van der Waals surface area contributed by atoms with Gasteiger partial charge in [-0.3, -0.25) is 4.90 Å². The van der Waals surface area contributed by atoms with Crippen molar-refractivity contribution in [3.05, 3.63) is 35.4 Å². The van der Waals surface area contributed by atoms with E-state index in [0.717, 1.165) is 45.8 Å². The smallest absolute Gasteiger partial charge is 0.0237 e. The minimum absolute atomic E-state index is 1.10. The fraction of sp³-hybridized carbons (Fsp3) is 0.667. The van der Waals surface area contributed by atoms with Crippen LogP contribution < -0.4 is 5.32 Å². The number of likely N-dealkylation sites (N-methyl/N-ethyl adjacent to an activating group) is 1. The van der Waals surface area contributed by atoms with Crippen LogP contribution in [0.15, 0.2) is 24.3 Å². The Kier molecular flexibility index (Phi) is 7.20. The Bertz CT molecular complexity index is 401. The third-order valence-electron chi connectivity index (χ3n) is 4.54. The van der Waals surface area contributed by atoms with Gasteiger partial charge in [-0.05, 0) is 43.6 Å². The molecule has 21 heavy (non-hydrogen) atoms. The van der Waals surface area contributed by atoms with E-state index in [0.29, 0.717) is 0 Å². The van der Waals surface area contributed by atoms with E-state index < -0.39 is 0 Å². The third-order valence-corrected chi connectivity index (χ3v) is 4.54. The first-order chi connectivity index (χ1) is 10.3. The van der Waals surface area contributed by atoms with Gasteiger partial charge in [0.2, 0.25) is 0 Å². The second-order valence-electron chi connectivity index (χ2n) is 5.93. The van der Waals surface area contributed by atoms with E-state index >= 15 is 0 Å². The van der Waals surface area contributed by atoms with Gasteiger partial charge in [-0.1, -0.05) is 38.1 Å². The topological polar surface area (TPSA) is 18.5 Å². The minimum Gasteiger partial charge on any atom is -0.314 e. The van der Waals surface area contributed by atoms with Gasteiger partial charge in [-0.15, -0.1) is 0 Å². The summed E-state index contributed by atoms with van der Waals surface area (Å²) < 4.78 is 0. The molecule has 0 saturated heterocycles. The average Bonchev–Trinajstić information content (AvgIpc) is 2.72. The summed E-state index contributed by atoms with van der Waals surface area (Å²) in [6.45, 7) is 13.6. The standard InChI is InChI=1S/C18H31N3/c1-3-20(4-2)14-11-19-12-15-21-13-7-10-17-8-5-6-9-18(17)16-21/h5-6,8-9,19H,3-4,7,10-16H2,1-2H3. The number of nitrogens with one attached hydrogen (secondary N) is 1.